The van der Waals surface area contributed by atoms with Gasteiger partial charge >= 0.3 is 0 Å². The maximum Gasteiger partial charge on any atom is 0.174 e. The molecule has 0 aliphatic heterocycles. The first-order chi connectivity index (χ1) is 10.6. The van der Waals surface area contributed by atoms with Gasteiger partial charge in [-0.25, -0.2) is 0 Å². The molecule has 3 saturated carbocycles. The lowest BCUT2D eigenvalue weighted by Crippen LogP contribution is -2.45. The molecule has 1 nitrogen and oxygen atoms in total. The molecule has 0 radical (unpaired) electrons. The first kappa shape index (κ1) is 15.0. The zero-order valence-corrected chi connectivity index (χ0v) is 14.6. The largest absolute Gasteiger partial charge is 0.293 e. The molecule has 0 heterocycles. The monoisotopic (exact) mass is 318 g/mol. The van der Waals surface area contributed by atoms with Crippen LogP contribution in [0.2, 0.25) is 0 Å². The van der Waals surface area contributed by atoms with Crippen molar-refractivity contribution < 1.29 is 4.79 Å². The molecule has 0 bridgehead atoms. The minimum atomic E-state index is 0.198. The van der Waals surface area contributed by atoms with Crippen LogP contribution in [0.4, 0.5) is 0 Å². The molecule has 0 spiro atoms. The van der Waals surface area contributed by atoms with Crippen molar-refractivity contribution in [1.82, 2.24) is 0 Å². The van der Waals surface area contributed by atoms with Gasteiger partial charge in [0.15, 0.2) is 5.78 Å². The van der Waals surface area contributed by atoms with Gasteiger partial charge in [-0.2, -0.15) is 0 Å². The summed E-state index contributed by atoms with van der Waals surface area (Å²) in [6.45, 7) is 4.75. The molecule has 0 unspecified atom stereocenters. The van der Waals surface area contributed by atoms with Crippen LogP contribution in [0.3, 0.4) is 0 Å². The van der Waals surface area contributed by atoms with Gasteiger partial charge in [0, 0.05) is 6.42 Å². The second-order valence-corrected chi connectivity index (χ2v) is 8.57. The molecular weight excluding hydrogens is 292 g/mol. The van der Waals surface area contributed by atoms with E-state index in [2.05, 4.69) is 19.9 Å². The Balaban J connectivity index is 1.66. The molecule has 120 valence electrons. The first-order valence-electron chi connectivity index (χ1n) is 9.13. The number of carbonyl (C=O) groups is 1. The topological polar surface area (TPSA) is 17.1 Å². The van der Waals surface area contributed by atoms with Crippen molar-refractivity contribution in [2.75, 3.05) is 0 Å². The fourth-order valence-corrected chi connectivity index (χ4v) is 6.89. The van der Waals surface area contributed by atoms with Gasteiger partial charge in [-0.15, -0.1) is 0 Å². The van der Waals surface area contributed by atoms with Gasteiger partial charge in [0.2, 0.25) is 0 Å². The molecule has 5 atom stereocenters. The molecule has 4 aliphatic carbocycles. The third-order valence-electron chi connectivity index (χ3n) is 7.61. The molecule has 0 aromatic carbocycles. The normalized spacial score (nSPS) is 46.5. The lowest BCUT2D eigenvalue weighted by Gasteiger charge is -2.53. The highest BCUT2D eigenvalue weighted by Gasteiger charge is 2.54. The predicted octanol–water partition coefficient (Wildman–Crippen LogP) is 5.64. The van der Waals surface area contributed by atoms with Crippen LogP contribution in [0.5, 0.6) is 0 Å². The minimum Gasteiger partial charge on any atom is -0.293 e. The van der Waals surface area contributed by atoms with E-state index in [0.717, 1.165) is 30.6 Å². The quantitative estimate of drug-likeness (QED) is 0.528. The van der Waals surface area contributed by atoms with Crippen LogP contribution in [-0.4, -0.2) is 5.78 Å². The van der Waals surface area contributed by atoms with Gasteiger partial charge in [0.25, 0.3) is 0 Å². The van der Waals surface area contributed by atoms with Gasteiger partial charge < -0.3 is 0 Å². The molecule has 4 aliphatic rings. The Kier molecular flexibility index (Phi) is 3.56. The van der Waals surface area contributed by atoms with Crippen molar-refractivity contribution in [2.45, 2.75) is 65.2 Å². The summed E-state index contributed by atoms with van der Waals surface area (Å²) < 4.78 is 0. The van der Waals surface area contributed by atoms with Crippen LogP contribution in [0, 0.1) is 29.1 Å². The van der Waals surface area contributed by atoms with Crippen molar-refractivity contribution >= 4 is 17.4 Å². The van der Waals surface area contributed by atoms with Gasteiger partial charge in [-0.1, -0.05) is 30.2 Å². The van der Waals surface area contributed by atoms with E-state index in [9.17, 15) is 4.79 Å². The van der Waals surface area contributed by atoms with E-state index in [4.69, 9.17) is 11.6 Å². The highest BCUT2D eigenvalue weighted by Crippen LogP contribution is 2.63. The fraction of sp³-hybridized carbons (Fsp3) is 0.750. The van der Waals surface area contributed by atoms with Gasteiger partial charge in [0.05, 0.1) is 5.03 Å². The Morgan fingerprint density at radius 2 is 1.91 bits per heavy atom. The second kappa shape index (κ2) is 5.23. The van der Waals surface area contributed by atoms with Crippen LogP contribution in [0.1, 0.15) is 65.2 Å². The number of hydrogen-bond donors (Lipinski definition) is 0. The van der Waals surface area contributed by atoms with Gasteiger partial charge in [-0.05, 0) is 86.5 Å². The number of rotatable bonds is 0. The maximum atomic E-state index is 11.9. The van der Waals surface area contributed by atoms with E-state index < -0.39 is 0 Å². The van der Waals surface area contributed by atoms with Crippen molar-refractivity contribution in [1.29, 1.82) is 0 Å². The summed E-state index contributed by atoms with van der Waals surface area (Å²) in [6, 6.07) is 0. The van der Waals surface area contributed by atoms with Crippen molar-refractivity contribution in [3.63, 3.8) is 0 Å². The number of fused-ring (bicyclic) bond motifs is 5. The highest BCUT2D eigenvalue weighted by atomic mass is 35.5. The summed E-state index contributed by atoms with van der Waals surface area (Å²) in [5.41, 5.74) is 3.51. The molecule has 2 heteroatoms. The van der Waals surface area contributed by atoms with E-state index in [1.54, 1.807) is 5.57 Å². The summed E-state index contributed by atoms with van der Waals surface area (Å²) in [5, 5.41) is 0.614. The van der Waals surface area contributed by atoms with E-state index in [-0.39, 0.29) is 5.78 Å². The van der Waals surface area contributed by atoms with Crippen molar-refractivity contribution in [3.8, 4) is 0 Å². The molecule has 4 rings (SSSR count). The lowest BCUT2D eigenvalue weighted by molar-refractivity contribution is -0.116. The number of halogens is 1. The number of carbonyl (C=O) groups excluding carboxylic acids is 1. The van der Waals surface area contributed by atoms with Crippen LogP contribution in [-0.2, 0) is 4.79 Å². The Bertz CT molecular complexity index is 572. The van der Waals surface area contributed by atoms with E-state index in [0.29, 0.717) is 22.8 Å². The average molecular weight is 319 g/mol. The van der Waals surface area contributed by atoms with Crippen LogP contribution in [0.15, 0.2) is 22.3 Å². The Hall–Kier alpha value is -0.560. The summed E-state index contributed by atoms with van der Waals surface area (Å²) in [7, 11) is 0. The lowest BCUT2D eigenvalue weighted by atomic mass is 9.52. The molecule has 3 fully saturated rings. The number of ketones is 1. The molecule has 0 amide bonds. The molecule has 0 N–H and O–H groups in total. The minimum absolute atomic E-state index is 0.198. The standard InChI is InChI=1S/C20H27ClO/c1-3-12-4-8-17-15-5-6-16-13(7-9-18(22)19(16)21)14(15)10-11-20(12,17)2/h3,13-15,17H,4-11H2,1-2H3/t13-,14-,15-,17+,20-/m1/s1. The average Bonchev–Trinajstić information content (AvgIpc) is 2.87. The molecule has 0 aromatic heterocycles. The Labute approximate surface area is 139 Å². The van der Waals surface area contributed by atoms with E-state index in [1.165, 1.54) is 37.7 Å². The van der Waals surface area contributed by atoms with Crippen LogP contribution in [0.25, 0.3) is 0 Å². The summed E-state index contributed by atoms with van der Waals surface area (Å²) in [6.07, 6.45) is 11.8. The van der Waals surface area contributed by atoms with E-state index >= 15 is 0 Å². The summed E-state index contributed by atoms with van der Waals surface area (Å²) in [5.74, 6) is 3.34. The van der Waals surface area contributed by atoms with Crippen molar-refractivity contribution in [2.24, 2.45) is 29.1 Å². The highest BCUT2D eigenvalue weighted by molar-refractivity contribution is 6.43. The second-order valence-electron chi connectivity index (χ2n) is 8.19. The SMILES string of the molecule is CC=C1CC[C@H]2[C@@H]3CCC4=C(Cl)C(=O)CC[C@@H]4[C@H]3CC[C@]12C. The first-order valence-corrected chi connectivity index (χ1v) is 9.51. The number of hydrogen-bond acceptors (Lipinski definition) is 1. The van der Waals surface area contributed by atoms with Crippen LogP contribution >= 0.6 is 11.6 Å². The zero-order valence-electron chi connectivity index (χ0n) is 13.8. The third-order valence-corrected chi connectivity index (χ3v) is 8.06. The van der Waals surface area contributed by atoms with E-state index in [1.807, 2.05) is 0 Å². The predicted molar refractivity (Wildman–Crippen MR) is 90.6 cm³/mol. The smallest absolute Gasteiger partial charge is 0.174 e. The van der Waals surface area contributed by atoms with Gasteiger partial charge in [-0.3, -0.25) is 4.79 Å². The number of allylic oxidation sites excluding steroid dienone is 3. The zero-order chi connectivity index (χ0) is 15.5. The van der Waals surface area contributed by atoms with Gasteiger partial charge in [0.1, 0.15) is 0 Å². The van der Waals surface area contributed by atoms with Crippen LogP contribution < -0.4 is 0 Å². The summed E-state index contributed by atoms with van der Waals surface area (Å²) in [4.78, 5) is 11.9. The Morgan fingerprint density at radius 3 is 2.68 bits per heavy atom. The molecule has 0 saturated heterocycles. The molecule has 22 heavy (non-hydrogen) atoms. The van der Waals surface area contributed by atoms with Crippen molar-refractivity contribution in [3.05, 3.63) is 22.3 Å². The molecular formula is C20H27ClO. The Morgan fingerprint density at radius 1 is 1.09 bits per heavy atom. The third kappa shape index (κ3) is 1.94. The maximum absolute atomic E-state index is 11.9. The number of Topliss-reactive ketones (excluding diaryl/α,β-unsaturated/α-hetero) is 1. The molecule has 0 aromatic rings. The summed E-state index contributed by atoms with van der Waals surface area (Å²) >= 11 is 6.38. The fourth-order valence-electron chi connectivity index (χ4n) is 6.56.